The molecule has 0 saturated carbocycles. The Balaban J connectivity index is 2.32. The molecule has 0 aromatic carbocycles. The number of methoxy groups -OCH3 is 1. The maximum atomic E-state index is 5.44. The summed E-state index contributed by atoms with van der Waals surface area (Å²) in [6.45, 7) is 4.72. The summed E-state index contributed by atoms with van der Waals surface area (Å²) in [7, 11) is 3.52. The van der Waals surface area contributed by atoms with Gasteiger partial charge in [0, 0.05) is 19.3 Å². The van der Waals surface area contributed by atoms with Crippen molar-refractivity contribution in [1.29, 1.82) is 0 Å². The highest BCUT2D eigenvalue weighted by molar-refractivity contribution is 5.12. The average molecular weight is 255 g/mol. The normalized spacial score (nSPS) is 10.6. The van der Waals surface area contributed by atoms with Crippen LogP contribution in [0.25, 0.3) is 0 Å². The van der Waals surface area contributed by atoms with Crippen molar-refractivity contribution in [2.24, 2.45) is 0 Å². The fraction of sp³-hybridized carbons (Fsp3) is 0.667. The molecule has 18 heavy (non-hydrogen) atoms. The monoisotopic (exact) mass is 255 g/mol. The van der Waals surface area contributed by atoms with E-state index in [0.29, 0.717) is 39.0 Å². The number of nitrogens with one attached hydrogen (secondary N) is 1. The van der Waals surface area contributed by atoms with Crippen LogP contribution in [-0.2, 0) is 16.0 Å². The van der Waals surface area contributed by atoms with E-state index in [4.69, 9.17) is 14.2 Å². The van der Waals surface area contributed by atoms with Gasteiger partial charge in [-0.05, 0) is 20.0 Å². The van der Waals surface area contributed by atoms with Crippen molar-refractivity contribution in [2.75, 3.05) is 40.6 Å². The van der Waals surface area contributed by atoms with E-state index in [9.17, 15) is 0 Å². The van der Waals surface area contributed by atoms with Gasteiger partial charge < -0.3 is 19.5 Å². The van der Waals surface area contributed by atoms with Gasteiger partial charge >= 0.3 is 6.01 Å². The molecule has 6 heteroatoms. The van der Waals surface area contributed by atoms with Gasteiger partial charge in [-0.2, -0.15) is 4.98 Å². The van der Waals surface area contributed by atoms with E-state index in [2.05, 4.69) is 15.3 Å². The van der Waals surface area contributed by atoms with Crippen LogP contribution < -0.4 is 10.1 Å². The summed E-state index contributed by atoms with van der Waals surface area (Å²) in [6.07, 6.45) is 0. The van der Waals surface area contributed by atoms with Crippen LogP contribution >= 0.6 is 0 Å². The third-order valence-electron chi connectivity index (χ3n) is 2.14. The van der Waals surface area contributed by atoms with Gasteiger partial charge in [0.2, 0.25) is 0 Å². The first-order valence-corrected chi connectivity index (χ1v) is 5.95. The molecular weight excluding hydrogens is 234 g/mol. The Morgan fingerprint density at radius 2 is 1.94 bits per heavy atom. The molecule has 0 aliphatic heterocycles. The smallest absolute Gasteiger partial charge is 0.316 e. The third-order valence-corrected chi connectivity index (χ3v) is 2.14. The molecule has 0 aliphatic carbocycles. The summed E-state index contributed by atoms with van der Waals surface area (Å²) in [4.78, 5) is 8.49. The highest BCUT2D eigenvalue weighted by Gasteiger charge is 2.02. The van der Waals surface area contributed by atoms with Crippen LogP contribution in [0.5, 0.6) is 6.01 Å². The molecular formula is C12H21N3O3. The second-order valence-corrected chi connectivity index (χ2v) is 3.77. The van der Waals surface area contributed by atoms with Gasteiger partial charge in [-0.1, -0.05) is 0 Å². The lowest BCUT2D eigenvalue weighted by Gasteiger charge is -2.07. The van der Waals surface area contributed by atoms with Gasteiger partial charge in [0.05, 0.1) is 25.5 Å². The summed E-state index contributed by atoms with van der Waals surface area (Å²) >= 11 is 0. The summed E-state index contributed by atoms with van der Waals surface area (Å²) in [6, 6.07) is 2.33. The lowest BCUT2D eigenvalue weighted by molar-refractivity contribution is 0.0527. The number of rotatable bonds is 9. The van der Waals surface area contributed by atoms with Crippen LogP contribution in [0.15, 0.2) is 6.07 Å². The Kier molecular flexibility index (Phi) is 7.24. The Morgan fingerprint density at radius 3 is 2.67 bits per heavy atom. The van der Waals surface area contributed by atoms with E-state index in [1.807, 2.05) is 20.0 Å². The van der Waals surface area contributed by atoms with Crippen LogP contribution in [0.4, 0.5) is 0 Å². The maximum absolute atomic E-state index is 5.44. The second-order valence-electron chi connectivity index (χ2n) is 3.77. The molecule has 1 aromatic rings. The van der Waals surface area contributed by atoms with E-state index in [0.717, 1.165) is 11.4 Å². The second kappa shape index (κ2) is 8.79. The molecule has 1 heterocycles. The zero-order chi connectivity index (χ0) is 13.2. The Labute approximate surface area is 108 Å². The predicted molar refractivity (Wildman–Crippen MR) is 67.7 cm³/mol. The van der Waals surface area contributed by atoms with E-state index >= 15 is 0 Å². The fourth-order valence-electron chi connectivity index (χ4n) is 1.38. The third kappa shape index (κ3) is 5.90. The number of nitrogens with zero attached hydrogens (tertiary/aromatic N) is 2. The molecule has 0 amide bonds. The highest BCUT2D eigenvalue weighted by Crippen LogP contribution is 2.06. The van der Waals surface area contributed by atoms with Crippen molar-refractivity contribution in [3.05, 3.63) is 17.5 Å². The van der Waals surface area contributed by atoms with E-state index < -0.39 is 0 Å². The Hall–Kier alpha value is -1.24. The van der Waals surface area contributed by atoms with Crippen molar-refractivity contribution in [3.8, 4) is 6.01 Å². The number of aromatic nitrogens is 2. The minimum atomic E-state index is 0.399. The van der Waals surface area contributed by atoms with Gasteiger partial charge in [0.25, 0.3) is 0 Å². The average Bonchev–Trinajstić information content (AvgIpc) is 2.33. The summed E-state index contributed by atoms with van der Waals surface area (Å²) in [5, 5.41) is 3.04. The van der Waals surface area contributed by atoms with Crippen LogP contribution in [0, 0.1) is 6.92 Å². The van der Waals surface area contributed by atoms with Crippen LogP contribution in [0.3, 0.4) is 0 Å². The molecule has 6 nitrogen and oxygen atoms in total. The van der Waals surface area contributed by atoms with Crippen molar-refractivity contribution in [1.82, 2.24) is 15.3 Å². The first kappa shape index (κ1) is 14.8. The number of hydrogen-bond acceptors (Lipinski definition) is 6. The standard InChI is InChI=1S/C12H21N3O3/c1-10-8-11(9-13-2)15-12(14-10)18-7-6-17-5-4-16-3/h8,13H,4-7,9H2,1-3H3. The molecule has 102 valence electrons. The summed E-state index contributed by atoms with van der Waals surface area (Å²) in [5.74, 6) is 0. The highest BCUT2D eigenvalue weighted by atomic mass is 16.5. The molecule has 1 rings (SSSR count). The van der Waals surface area contributed by atoms with Gasteiger partial charge in [-0.15, -0.1) is 0 Å². The van der Waals surface area contributed by atoms with Crippen LogP contribution in [0.1, 0.15) is 11.4 Å². The number of aryl methyl sites for hydroxylation is 1. The topological polar surface area (TPSA) is 65.5 Å². The molecule has 1 N–H and O–H groups in total. The van der Waals surface area contributed by atoms with E-state index in [1.165, 1.54) is 0 Å². The van der Waals surface area contributed by atoms with Crippen molar-refractivity contribution < 1.29 is 14.2 Å². The van der Waals surface area contributed by atoms with Crippen molar-refractivity contribution >= 4 is 0 Å². The molecule has 0 saturated heterocycles. The van der Waals surface area contributed by atoms with E-state index in [-0.39, 0.29) is 0 Å². The van der Waals surface area contributed by atoms with Crippen LogP contribution in [-0.4, -0.2) is 50.6 Å². The zero-order valence-electron chi connectivity index (χ0n) is 11.2. The summed E-state index contributed by atoms with van der Waals surface area (Å²) < 4.78 is 15.6. The van der Waals surface area contributed by atoms with E-state index in [1.54, 1.807) is 7.11 Å². The van der Waals surface area contributed by atoms with Crippen molar-refractivity contribution in [3.63, 3.8) is 0 Å². The number of ether oxygens (including phenoxy) is 3. The molecule has 1 aromatic heterocycles. The lowest BCUT2D eigenvalue weighted by atomic mass is 10.3. The minimum absolute atomic E-state index is 0.399. The molecule has 0 radical (unpaired) electrons. The molecule has 0 unspecified atom stereocenters. The molecule has 0 fully saturated rings. The molecule has 0 atom stereocenters. The molecule has 0 aliphatic rings. The van der Waals surface area contributed by atoms with Gasteiger partial charge in [0.1, 0.15) is 6.61 Å². The zero-order valence-corrected chi connectivity index (χ0v) is 11.2. The molecule has 0 spiro atoms. The Bertz CT molecular complexity index is 347. The molecule has 0 bridgehead atoms. The largest absolute Gasteiger partial charge is 0.461 e. The van der Waals surface area contributed by atoms with Gasteiger partial charge in [-0.3, -0.25) is 0 Å². The Morgan fingerprint density at radius 1 is 1.17 bits per heavy atom. The van der Waals surface area contributed by atoms with Gasteiger partial charge in [-0.25, -0.2) is 4.98 Å². The minimum Gasteiger partial charge on any atom is -0.461 e. The first-order valence-electron chi connectivity index (χ1n) is 5.95. The fourth-order valence-corrected chi connectivity index (χ4v) is 1.38. The SMILES string of the molecule is CNCc1cc(C)nc(OCCOCCOC)n1. The predicted octanol–water partition coefficient (Wildman–Crippen LogP) is 0.546. The maximum Gasteiger partial charge on any atom is 0.316 e. The van der Waals surface area contributed by atoms with Gasteiger partial charge in [0.15, 0.2) is 0 Å². The summed E-state index contributed by atoms with van der Waals surface area (Å²) in [5.41, 5.74) is 1.81. The quantitative estimate of drug-likeness (QED) is 0.650. The lowest BCUT2D eigenvalue weighted by Crippen LogP contribution is -2.13. The number of hydrogen-bond donors (Lipinski definition) is 1. The first-order chi connectivity index (χ1) is 8.76. The van der Waals surface area contributed by atoms with Crippen LogP contribution in [0.2, 0.25) is 0 Å². The van der Waals surface area contributed by atoms with Crippen molar-refractivity contribution in [2.45, 2.75) is 13.5 Å².